The minimum atomic E-state index is -0.114. The SMILES string of the molecule is C=CCC(=O)/C=C/C(C)=O. The molecule has 0 radical (unpaired) electrons. The van der Waals surface area contributed by atoms with Crippen LogP contribution in [0, 0.1) is 0 Å². The van der Waals surface area contributed by atoms with E-state index in [0.29, 0.717) is 6.42 Å². The molecule has 0 aliphatic rings. The van der Waals surface area contributed by atoms with Crippen LogP contribution in [0.15, 0.2) is 24.8 Å². The van der Waals surface area contributed by atoms with Crippen LogP contribution in [-0.4, -0.2) is 11.6 Å². The molecule has 0 saturated heterocycles. The third-order valence-corrected chi connectivity index (χ3v) is 0.849. The van der Waals surface area contributed by atoms with Crippen molar-refractivity contribution in [1.82, 2.24) is 0 Å². The largest absolute Gasteiger partial charge is 0.295 e. The Hall–Kier alpha value is -1.18. The van der Waals surface area contributed by atoms with Gasteiger partial charge in [-0.2, -0.15) is 0 Å². The van der Waals surface area contributed by atoms with Gasteiger partial charge in [0.05, 0.1) is 0 Å². The van der Waals surface area contributed by atoms with Crippen molar-refractivity contribution < 1.29 is 9.59 Å². The number of rotatable bonds is 4. The zero-order chi connectivity index (χ0) is 7.98. The van der Waals surface area contributed by atoms with Gasteiger partial charge in [0.25, 0.3) is 0 Å². The molecule has 0 atom stereocenters. The lowest BCUT2D eigenvalue weighted by atomic mass is 10.2. The molecule has 0 aliphatic carbocycles. The summed E-state index contributed by atoms with van der Waals surface area (Å²) in [7, 11) is 0. The molecule has 0 rings (SSSR count). The van der Waals surface area contributed by atoms with Crippen molar-refractivity contribution in [3.05, 3.63) is 24.8 Å². The summed E-state index contributed by atoms with van der Waals surface area (Å²) in [4.78, 5) is 20.9. The van der Waals surface area contributed by atoms with Gasteiger partial charge in [-0.25, -0.2) is 0 Å². The minimum absolute atomic E-state index is 0.0924. The Morgan fingerprint density at radius 3 is 2.40 bits per heavy atom. The molecule has 0 unspecified atom stereocenters. The Balaban J connectivity index is 3.77. The maximum atomic E-state index is 10.6. The first-order valence-corrected chi connectivity index (χ1v) is 2.99. The van der Waals surface area contributed by atoms with Crippen LogP contribution >= 0.6 is 0 Å². The van der Waals surface area contributed by atoms with E-state index in [1.807, 2.05) is 0 Å². The molecule has 2 nitrogen and oxygen atoms in total. The second-order valence-corrected chi connectivity index (χ2v) is 1.90. The molecule has 0 heterocycles. The van der Waals surface area contributed by atoms with Gasteiger partial charge in [0, 0.05) is 6.42 Å². The Bertz CT molecular complexity index is 178. The fraction of sp³-hybridized carbons (Fsp3) is 0.250. The fourth-order valence-corrected chi connectivity index (χ4v) is 0.421. The van der Waals surface area contributed by atoms with Crippen LogP contribution in [0.1, 0.15) is 13.3 Å². The number of hydrogen-bond acceptors (Lipinski definition) is 2. The number of ketones is 2. The van der Waals surface area contributed by atoms with Crippen molar-refractivity contribution in [2.45, 2.75) is 13.3 Å². The van der Waals surface area contributed by atoms with Gasteiger partial charge in [-0.05, 0) is 19.1 Å². The van der Waals surface area contributed by atoms with E-state index in [0.717, 1.165) is 0 Å². The van der Waals surface area contributed by atoms with Crippen molar-refractivity contribution in [3.63, 3.8) is 0 Å². The topological polar surface area (TPSA) is 34.1 Å². The Morgan fingerprint density at radius 2 is 2.00 bits per heavy atom. The molecule has 0 saturated carbocycles. The van der Waals surface area contributed by atoms with Gasteiger partial charge in [0.15, 0.2) is 11.6 Å². The lowest BCUT2D eigenvalue weighted by Gasteiger charge is -1.82. The number of carbonyl (C=O) groups is 2. The van der Waals surface area contributed by atoms with Crippen molar-refractivity contribution in [1.29, 1.82) is 0 Å². The highest BCUT2D eigenvalue weighted by Crippen LogP contribution is 1.85. The van der Waals surface area contributed by atoms with Gasteiger partial charge >= 0.3 is 0 Å². The second kappa shape index (κ2) is 4.68. The lowest BCUT2D eigenvalue weighted by molar-refractivity contribution is -0.115. The van der Waals surface area contributed by atoms with E-state index < -0.39 is 0 Å². The van der Waals surface area contributed by atoms with Crippen LogP contribution in [0.4, 0.5) is 0 Å². The third-order valence-electron chi connectivity index (χ3n) is 0.849. The van der Waals surface area contributed by atoms with Gasteiger partial charge in [-0.3, -0.25) is 9.59 Å². The van der Waals surface area contributed by atoms with Crippen molar-refractivity contribution in [2.24, 2.45) is 0 Å². The predicted molar refractivity (Wildman–Crippen MR) is 39.6 cm³/mol. The van der Waals surface area contributed by atoms with Crippen LogP contribution in [0.5, 0.6) is 0 Å². The summed E-state index contributed by atoms with van der Waals surface area (Å²) in [6.45, 7) is 4.79. The molecule has 0 bridgehead atoms. The maximum Gasteiger partial charge on any atom is 0.159 e. The molecule has 0 aromatic rings. The summed E-state index contributed by atoms with van der Waals surface area (Å²) in [6, 6.07) is 0. The van der Waals surface area contributed by atoms with E-state index >= 15 is 0 Å². The molecule has 54 valence electrons. The summed E-state index contributed by atoms with van der Waals surface area (Å²) in [5.74, 6) is -0.206. The average molecular weight is 138 g/mol. The highest BCUT2D eigenvalue weighted by atomic mass is 16.1. The number of allylic oxidation sites excluding steroid dienone is 3. The summed E-state index contributed by atoms with van der Waals surface area (Å²) < 4.78 is 0. The first-order valence-electron chi connectivity index (χ1n) is 2.99. The summed E-state index contributed by atoms with van der Waals surface area (Å²) in [5, 5.41) is 0. The molecule has 0 fully saturated rings. The first kappa shape index (κ1) is 8.82. The van der Waals surface area contributed by atoms with Crippen LogP contribution in [-0.2, 0) is 9.59 Å². The summed E-state index contributed by atoms with van der Waals surface area (Å²) >= 11 is 0. The quantitative estimate of drug-likeness (QED) is 0.433. The smallest absolute Gasteiger partial charge is 0.159 e. The van der Waals surface area contributed by atoms with Gasteiger partial charge in [-0.15, -0.1) is 6.58 Å². The minimum Gasteiger partial charge on any atom is -0.295 e. The van der Waals surface area contributed by atoms with Crippen LogP contribution < -0.4 is 0 Å². The van der Waals surface area contributed by atoms with Crippen LogP contribution in [0.25, 0.3) is 0 Å². The average Bonchev–Trinajstić information content (AvgIpc) is 1.85. The third kappa shape index (κ3) is 4.97. The van der Waals surface area contributed by atoms with E-state index in [1.54, 1.807) is 0 Å². The maximum absolute atomic E-state index is 10.6. The monoisotopic (exact) mass is 138 g/mol. The molecule has 2 heteroatoms. The standard InChI is InChI=1S/C8H10O2/c1-3-4-8(10)6-5-7(2)9/h3,5-6H,1,4H2,2H3/b6-5+. The molecular formula is C8H10O2. The fourth-order valence-electron chi connectivity index (χ4n) is 0.421. The van der Waals surface area contributed by atoms with Gasteiger partial charge in [0.1, 0.15) is 0 Å². The molecule has 0 amide bonds. The second-order valence-electron chi connectivity index (χ2n) is 1.90. The highest BCUT2D eigenvalue weighted by molar-refractivity contribution is 5.98. The molecule has 0 spiro atoms. The Labute approximate surface area is 60.2 Å². The predicted octanol–water partition coefficient (Wildman–Crippen LogP) is 1.28. The summed E-state index contributed by atoms with van der Waals surface area (Å²) in [6.07, 6.45) is 4.33. The molecule has 0 N–H and O–H groups in total. The normalized spacial score (nSPS) is 9.70. The molecular weight excluding hydrogens is 128 g/mol. The van der Waals surface area contributed by atoms with E-state index in [2.05, 4.69) is 6.58 Å². The zero-order valence-corrected chi connectivity index (χ0v) is 5.96. The molecule has 0 aromatic carbocycles. The van der Waals surface area contributed by atoms with E-state index in [1.165, 1.54) is 25.2 Å². The van der Waals surface area contributed by atoms with E-state index in [4.69, 9.17) is 0 Å². The van der Waals surface area contributed by atoms with Crippen LogP contribution in [0.3, 0.4) is 0 Å². The lowest BCUT2D eigenvalue weighted by Crippen LogP contribution is -1.90. The van der Waals surface area contributed by atoms with E-state index in [-0.39, 0.29) is 11.6 Å². The van der Waals surface area contributed by atoms with Crippen molar-refractivity contribution >= 4 is 11.6 Å². The van der Waals surface area contributed by atoms with Gasteiger partial charge < -0.3 is 0 Å². The number of hydrogen-bond donors (Lipinski definition) is 0. The Morgan fingerprint density at radius 1 is 1.40 bits per heavy atom. The highest BCUT2D eigenvalue weighted by Gasteiger charge is 1.90. The van der Waals surface area contributed by atoms with Crippen molar-refractivity contribution in [2.75, 3.05) is 0 Å². The first-order chi connectivity index (χ1) is 4.66. The van der Waals surface area contributed by atoms with Gasteiger partial charge in [-0.1, -0.05) is 6.08 Å². The summed E-state index contributed by atoms with van der Waals surface area (Å²) in [5.41, 5.74) is 0. The zero-order valence-electron chi connectivity index (χ0n) is 5.96. The molecule has 0 aliphatic heterocycles. The Kier molecular flexibility index (Phi) is 4.12. The molecule has 0 aromatic heterocycles. The number of carbonyl (C=O) groups excluding carboxylic acids is 2. The van der Waals surface area contributed by atoms with Crippen molar-refractivity contribution in [3.8, 4) is 0 Å². The molecule has 10 heavy (non-hydrogen) atoms. The van der Waals surface area contributed by atoms with Crippen LogP contribution in [0.2, 0.25) is 0 Å². The van der Waals surface area contributed by atoms with Gasteiger partial charge in [0.2, 0.25) is 0 Å². The van der Waals surface area contributed by atoms with E-state index in [9.17, 15) is 9.59 Å².